The van der Waals surface area contributed by atoms with Crippen LogP contribution < -0.4 is 5.73 Å². The molecule has 1 aliphatic rings. The van der Waals surface area contributed by atoms with Gasteiger partial charge in [0.2, 0.25) is 6.41 Å². The lowest BCUT2D eigenvalue weighted by Gasteiger charge is -2.31. The summed E-state index contributed by atoms with van der Waals surface area (Å²) in [5.74, 6) is -0.855. The average Bonchev–Trinajstić information content (AvgIpc) is 2.50. The van der Waals surface area contributed by atoms with E-state index < -0.39 is 12.1 Å². The number of ether oxygens (including phenoxy) is 1. The number of hydrogen-bond acceptors (Lipinski definition) is 2. The molecule has 0 radical (unpaired) electrons. The number of rotatable bonds is 3. The predicted molar refractivity (Wildman–Crippen MR) is 82.9 cm³/mol. The molecule has 1 saturated carbocycles. The van der Waals surface area contributed by atoms with Crippen LogP contribution in [0.25, 0.3) is 0 Å². The van der Waals surface area contributed by atoms with Crippen molar-refractivity contribution >= 4 is 6.41 Å². The Labute approximate surface area is 135 Å². The molecule has 0 aromatic heterocycles. The summed E-state index contributed by atoms with van der Waals surface area (Å²) in [6.45, 7) is 2.59. The van der Waals surface area contributed by atoms with E-state index in [-0.39, 0.29) is 25.2 Å². The highest BCUT2D eigenvalue weighted by molar-refractivity contribution is 5.42. The van der Waals surface area contributed by atoms with Gasteiger partial charge < -0.3 is 10.5 Å². The van der Waals surface area contributed by atoms with E-state index in [2.05, 4.69) is 5.73 Å². The number of carbonyl (C=O) groups excluding carboxylic acids is 1. The molecule has 1 fully saturated rings. The second kappa shape index (κ2) is 8.91. The van der Waals surface area contributed by atoms with Gasteiger partial charge in [0.15, 0.2) is 0 Å². The van der Waals surface area contributed by atoms with Crippen LogP contribution in [0.1, 0.15) is 48.3 Å². The number of amides is 1. The molecule has 0 spiro atoms. The van der Waals surface area contributed by atoms with Gasteiger partial charge in [0, 0.05) is 7.11 Å². The summed E-state index contributed by atoms with van der Waals surface area (Å²) in [6, 6.07) is 6.04. The summed E-state index contributed by atoms with van der Waals surface area (Å²) in [5, 5.41) is 0. The van der Waals surface area contributed by atoms with Crippen LogP contribution in [0.2, 0.25) is 0 Å². The topological polar surface area (TPSA) is 52.3 Å². The van der Waals surface area contributed by atoms with Gasteiger partial charge in [-0.25, -0.2) is 0 Å². The van der Waals surface area contributed by atoms with E-state index in [0.29, 0.717) is 19.4 Å². The molecular formula is C17H24F3NO2. The Morgan fingerprint density at radius 3 is 2.30 bits per heavy atom. The Kier molecular flexibility index (Phi) is 7.55. The Morgan fingerprint density at radius 1 is 1.26 bits per heavy atom. The van der Waals surface area contributed by atoms with Crippen molar-refractivity contribution in [3.8, 4) is 0 Å². The minimum atomic E-state index is -4.03. The first-order valence-corrected chi connectivity index (χ1v) is 7.64. The Hall–Kier alpha value is -1.56. The number of hydrogen-bond donors (Lipinski definition) is 1. The minimum Gasteiger partial charge on any atom is -0.380 e. The standard InChI is InChI=1S/C16H21F3O.CH3NO/c1-11-13(10-20-2)4-3-5-15(11)12-6-8-14(9-7-12)16(17,18)19;2-1-3/h3-5,12,14H,6-10H2,1-2H3;1H,(H2,2,3). The minimum absolute atomic E-state index is 0.250. The van der Waals surface area contributed by atoms with E-state index in [1.54, 1.807) is 7.11 Å². The molecule has 0 aliphatic heterocycles. The van der Waals surface area contributed by atoms with Crippen LogP contribution >= 0.6 is 0 Å². The molecule has 0 atom stereocenters. The third-order valence-electron chi connectivity index (χ3n) is 4.42. The zero-order chi connectivity index (χ0) is 17.5. The second-order valence-corrected chi connectivity index (χ2v) is 5.79. The molecule has 1 aromatic rings. The van der Waals surface area contributed by atoms with Gasteiger partial charge >= 0.3 is 6.18 Å². The lowest BCUT2D eigenvalue weighted by Crippen LogP contribution is -2.27. The highest BCUT2D eigenvalue weighted by Gasteiger charge is 2.41. The molecule has 0 unspecified atom stereocenters. The number of methoxy groups -OCH3 is 1. The maximum atomic E-state index is 12.7. The van der Waals surface area contributed by atoms with Crippen LogP contribution in [-0.2, 0) is 16.1 Å². The fourth-order valence-electron chi connectivity index (χ4n) is 3.19. The third-order valence-corrected chi connectivity index (χ3v) is 4.42. The maximum absolute atomic E-state index is 12.7. The van der Waals surface area contributed by atoms with Crippen molar-refractivity contribution in [1.82, 2.24) is 0 Å². The van der Waals surface area contributed by atoms with Gasteiger partial charge in [-0.15, -0.1) is 0 Å². The fourth-order valence-corrected chi connectivity index (χ4v) is 3.19. The van der Waals surface area contributed by atoms with Crippen molar-refractivity contribution in [3.63, 3.8) is 0 Å². The van der Waals surface area contributed by atoms with Gasteiger partial charge in [0.1, 0.15) is 0 Å². The molecule has 0 heterocycles. The molecule has 130 valence electrons. The van der Waals surface area contributed by atoms with Crippen LogP contribution in [0.5, 0.6) is 0 Å². The van der Waals surface area contributed by atoms with Crippen molar-refractivity contribution in [2.75, 3.05) is 7.11 Å². The van der Waals surface area contributed by atoms with Gasteiger partial charge in [0.05, 0.1) is 12.5 Å². The van der Waals surface area contributed by atoms with Crippen molar-refractivity contribution in [2.24, 2.45) is 11.7 Å². The van der Waals surface area contributed by atoms with Crippen molar-refractivity contribution in [2.45, 2.75) is 51.3 Å². The van der Waals surface area contributed by atoms with Gasteiger partial charge in [-0.05, 0) is 55.2 Å². The molecule has 2 N–H and O–H groups in total. The molecular weight excluding hydrogens is 307 g/mol. The van der Waals surface area contributed by atoms with Gasteiger partial charge in [-0.2, -0.15) is 13.2 Å². The molecule has 1 aromatic carbocycles. The maximum Gasteiger partial charge on any atom is 0.391 e. The monoisotopic (exact) mass is 331 g/mol. The van der Waals surface area contributed by atoms with E-state index >= 15 is 0 Å². The number of benzene rings is 1. The quantitative estimate of drug-likeness (QED) is 0.849. The van der Waals surface area contributed by atoms with E-state index in [9.17, 15) is 13.2 Å². The zero-order valence-corrected chi connectivity index (χ0v) is 13.5. The SMILES string of the molecule is COCc1cccc(C2CCC(C(F)(F)F)CC2)c1C.NC=O. The highest BCUT2D eigenvalue weighted by atomic mass is 19.4. The first kappa shape index (κ1) is 19.5. The largest absolute Gasteiger partial charge is 0.391 e. The second-order valence-electron chi connectivity index (χ2n) is 5.79. The number of alkyl halides is 3. The van der Waals surface area contributed by atoms with Gasteiger partial charge in [-0.1, -0.05) is 18.2 Å². The first-order chi connectivity index (χ1) is 10.8. The Balaban J connectivity index is 0.000000816. The molecule has 1 aliphatic carbocycles. The number of primary amides is 1. The fraction of sp³-hybridized carbons (Fsp3) is 0.588. The summed E-state index contributed by atoms with van der Waals surface area (Å²) in [4.78, 5) is 8.58. The average molecular weight is 331 g/mol. The molecule has 1 amide bonds. The Bertz CT molecular complexity index is 495. The van der Waals surface area contributed by atoms with Crippen LogP contribution in [0.15, 0.2) is 18.2 Å². The number of halogens is 3. The summed E-state index contributed by atoms with van der Waals surface area (Å²) < 4.78 is 43.3. The summed E-state index contributed by atoms with van der Waals surface area (Å²) in [5.41, 5.74) is 7.66. The van der Waals surface area contributed by atoms with E-state index in [1.807, 2.05) is 25.1 Å². The van der Waals surface area contributed by atoms with Crippen LogP contribution in [0.4, 0.5) is 13.2 Å². The lowest BCUT2D eigenvalue weighted by molar-refractivity contribution is -0.182. The van der Waals surface area contributed by atoms with Gasteiger partial charge in [0.25, 0.3) is 0 Å². The number of carbonyl (C=O) groups is 1. The summed E-state index contributed by atoms with van der Waals surface area (Å²) in [6.07, 6.45) is -2.02. The summed E-state index contributed by atoms with van der Waals surface area (Å²) >= 11 is 0. The van der Waals surface area contributed by atoms with Crippen LogP contribution in [0, 0.1) is 12.8 Å². The van der Waals surface area contributed by atoms with Crippen LogP contribution in [-0.4, -0.2) is 19.7 Å². The van der Waals surface area contributed by atoms with Crippen molar-refractivity contribution in [3.05, 3.63) is 34.9 Å². The van der Waals surface area contributed by atoms with E-state index in [0.717, 1.165) is 5.56 Å². The normalized spacial score (nSPS) is 21.3. The van der Waals surface area contributed by atoms with Crippen LogP contribution in [0.3, 0.4) is 0 Å². The first-order valence-electron chi connectivity index (χ1n) is 7.64. The molecule has 0 saturated heterocycles. The smallest absolute Gasteiger partial charge is 0.380 e. The molecule has 0 bridgehead atoms. The van der Waals surface area contributed by atoms with Crippen molar-refractivity contribution in [1.29, 1.82) is 0 Å². The molecule has 23 heavy (non-hydrogen) atoms. The zero-order valence-electron chi connectivity index (χ0n) is 13.5. The molecule has 2 rings (SSSR count). The third kappa shape index (κ3) is 5.53. The molecule has 6 heteroatoms. The Morgan fingerprint density at radius 2 is 1.83 bits per heavy atom. The predicted octanol–water partition coefficient (Wildman–Crippen LogP) is 4.08. The van der Waals surface area contributed by atoms with E-state index in [1.165, 1.54) is 11.1 Å². The van der Waals surface area contributed by atoms with Crippen molar-refractivity contribution < 1.29 is 22.7 Å². The highest BCUT2D eigenvalue weighted by Crippen LogP contribution is 2.43. The van der Waals surface area contributed by atoms with E-state index in [4.69, 9.17) is 9.53 Å². The van der Waals surface area contributed by atoms with Gasteiger partial charge in [-0.3, -0.25) is 4.79 Å². The summed E-state index contributed by atoms with van der Waals surface area (Å²) in [7, 11) is 1.65. The molecule has 3 nitrogen and oxygen atoms in total. The lowest BCUT2D eigenvalue weighted by atomic mass is 9.77. The number of nitrogens with two attached hydrogens (primary N) is 1.